The maximum absolute atomic E-state index is 10.1. The van der Waals surface area contributed by atoms with Gasteiger partial charge in [-0.15, -0.1) is 0 Å². The third-order valence-corrected chi connectivity index (χ3v) is 2.26. The second kappa shape index (κ2) is 13.3. The molecule has 0 aliphatic rings. The fraction of sp³-hybridized carbons (Fsp3) is 0.818. The van der Waals surface area contributed by atoms with Crippen molar-refractivity contribution in [3.63, 3.8) is 0 Å². The van der Waals surface area contributed by atoms with Crippen molar-refractivity contribution in [2.45, 2.75) is 57.8 Å². The molecule has 0 aliphatic heterocycles. The van der Waals surface area contributed by atoms with Gasteiger partial charge in [0.15, 0.2) is 0 Å². The molecule has 0 aromatic carbocycles. The van der Waals surface area contributed by atoms with Gasteiger partial charge < -0.3 is 19.8 Å². The maximum Gasteiger partial charge on any atom is 2.00 e. The molecule has 0 saturated carbocycles. The maximum atomic E-state index is 10.1. The molecule has 88 valence electrons. The van der Waals surface area contributed by atoms with Gasteiger partial charge in [-0.3, -0.25) is 0 Å². The van der Waals surface area contributed by atoms with E-state index in [9.17, 15) is 19.8 Å². The van der Waals surface area contributed by atoms with Crippen molar-refractivity contribution in [1.29, 1.82) is 0 Å². The first kappa shape index (κ1) is 18.6. The fourth-order valence-corrected chi connectivity index (χ4v) is 1.42. The van der Waals surface area contributed by atoms with E-state index in [0.29, 0.717) is 12.8 Å². The van der Waals surface area contributed by atoms with Crippen LogP contribution >= 0.6 is 0 Å². The standard InChI is InChI=1S/C11H20O4.Ca/c12-10(13)8-6-4-2-1-3-5-7-9-11(14)15;/h1-9H2,(H,12,13)(H,14,15);/q;+2/p-2. The van der Waals surface area contributed by atoms with Crippen LogP contribution in [0.4, 0.5) is 0 Å². The van der Waals surface area contributed by atoms with Crippen LogP contribution < -0.4 is 10.2 Å². The minimum atomic E-state index is -0.982. The first-order chi connectivity index (χ1) is 7.13. The molecular formula is C11H18CaO4. The molecule has 4 nitrogen and oxygen atoms in total. The summed E-state index contributed by atoms with van der Waals surface area (Å²) in [5, 5.41) is 20.1. The van der Waals surface area contributed by atoms with Gasteiger partial charge in [0, 0.05) is 11.9 Å². The van der Waals surface area contributed by atoms with E-state index in [2.05, 4.69) is 0 Å². The third-order valence-electron chi connectivity index (χ3n) is 2.26. The topological polar surface area (TPSA) is 80.3 Å². The van der Waals surface area contributed by atoms with E-state index in [0.717, 1.165) is 32.1 Å². The first-order valence-electron chi connectivity index (χ1n) is 5.52. The second-order valence-corrected chi connectivity index (χ2v) is 3.72. The van der Waals surface area contributed by atoms with Gasteiger partial charge in [-0.05, 0) is 25.7 Å². The van der Waals surface area contributed by atoms with Crippen LogP contribution in [0.15, 0.2) is 0 Å². The minimum Gasteiger partial charge on any atom is -0.550 e. The summed E-state index contributed by atoms with van der Waals surface area (Å²) in [5.41, 5.74) is 0. The molecule has 0 radical (unpaired) electrons. The molecule has 0 fully saturated rings. The Morgan fingerprint density at radius 2 is 0.875 bits per heavy atom. The van der Waals surface area contributed by atoms with Crippen molar-refractivity contribution in [3.8, 4) is 0 Å². The van der Waals surface area contributed by atoms with Crippen LogP contribution in [0.1, 0.15) is 57.8 Å². The molecule has 16 heavy (non-hydrogen) atoms. The van der Waals surface area contributed by atoms with Crippen LogP contribution in [0, 0.1) is 0 Å². The predicted molar refractivity (Wildman–Crippen MR) is 57.3 cm³/mol. The van der Waals surface area contributed by atoms with E-state index in [1.54, 1.807) is 0 Å². The zero-order valence-corrected chi connectivity index (χ0v) is 11.9. The van der Waals surface area contributed by atoms with Gasteiger partial charge in [-0.25, -0.2) is 0 Å². The average molecular weight is 254 g/mol. The Kier molecular flexibility index (Phi) is 15.4. The zero-order valence-electron chi connectivity index (χ0n) is 9.70. The van der Waals surface area contributed by atoms with Gasteiger partial charge >= 0.3 is 37.7 Å². The Hall–Kier alpha value is 0.200. The third kappa shape index (κ3) is 16.6. The minimum absolute atomic E-state index is 0. The number of carboxylic acid groups (broad SMARTS) is 2. The summed E-state index contributed by atoms with van der Waals surface area (Å²) in [6.45, 7) is 0. The molecule has 0 heterocycles. The quantitative estimate of drug-likeness (QED) is 0.393. The molecule has 0 rings (SSSR count). The van der Waals surface area contributed by atoms with E-state index in [1.807, 2.05) is 0 Å². The Balaban J connectivity index is 0. The molecule has 0 atom stereocenters. The van der Waals surface area contributed by atoms with Gasteiger partial charge in [0.1, 0.15) is 0 Å². The summed E-state index contributed by atoms with van der Waals surface area (Å²) in [5.74, 6) is -1.96. The first-order valence-corrected chi connectivity index (χ1v) is 5.52. The van der Waals surface area contributed by atoms with Gasteiger partial charge in [0.2, 0.25) is 0 Å². The summed E-state index contributed by atoms with van der Waals surface area (Å²) in [4.78, 5) is 20.1. The van der Waals surface area contributed by atoms with E-state index >= 15 is 0 Å². The number of aliphatic carboxylic acids is 2. The van der Waals surface area contributed by atoms with Crippen molar-refractivity contribution >= 4 is 49.7 Å². The molecule has 0 spiro atoms. The molecule has 0 N–H and O–H groups in total. The van der Waals surface area contributed by atoms with E-state index in [1.165, 1.54) is 0 Å². The Labute approximate surface area is 126 Å². The monoisotopic (exact) mass is 254 g/mol. The number of carbonyl (C=O) groups excluding carboxylic acids is 2. The Bertz CT molecular complexity index is 174. The van der Waals surface area contributed by atoms with Crippen LogP contribution in [-0.4, -0.2) is 49.7 Å². The van der Waals surface area contributed by atoms with E-state index in [4.69, 9.17) is 0 Å². The van der Waals surface area contributed by atoms with Crippen LogP contribution in [0.5, 0.6) is 0 Å². The Morgan fingerprint density at radius 3 is 1.12 bits per heavy atom. The average Bonchev–Trinajstić information content (AvgIpc) is 2.14. The number of unbranched alkanes of at least 4 members (excludes halogenated alkanes) is 6. The van der Waals surface area contributed by atoms with Crippen LogP contribution in [-0.2, 0) is 9.59 Å². The summed E-state index contributed by atoms with van der Waals surface area (Å²) < 4.78 is 0. The smallest absolute Gasteiger partial charge is 0.550 e. The summed E-state index contributed by atoms with van der Waals surface area (Å²) in [7, 11) is 0. The Morgan fingerprint density at radius 1 is 0.625 bits per heavy atom. The second-order valence-electron chi connectivity index (χ2n) is 3.72. The number of hydrogen-bond donors (Lipinski definition) is 0. The van der Waals surface area contributed by atoms with Crippen molar-refractivity contribution in [3.05, 3.63) is 0 Å². The summed E-state index contributed by atoms with van der Waals surface area (Å²) in [6, 6.07) is 0. The molecular weight excluding hydrogens is 236 g/mol. The number of rotatable bonds is 10. The molecule has 0 bridgehead atoms. The van der Waals surface area contributed by atoms with Crippen molar-refractivity contribution in [2.24, 2.45) is 0 Å². The molecule has 0 saturated heterocycles. The molecule has 0 aromatic heterocycles. The molecule has 0 amide bonds. The number of carbonyl (C=O) groups is 2. The summed E-state index contributed by atoms with van der Waals surface area (Å²) in [6.07, 6.45) is 6.54. The van der Waals surface area contributed by atoms with Crippen molar-refractivity contribution < 1.29 is 19.8 Å². The van der Waals surface area contributed by atoms with Gasteiger partial charge in [0.25, 0.3) is 0 Å². The molecule has 0 aliphatic carbocycles. The van der Waals surface area contributed by atoms with E-state index < -0.39 is 11.9 Å². The summed E-state index contributed by atoms with van der Waals surface area (Å²) >= 11 is 0. The largest absolute Gasteiger partial charge is 2.00 e. The molecule has 5 heteroatoms. The van der Waals surface area contributed by atoms with Gasteiger partial charge in [-0.2, -0.15) is 0 Å². The normalized spacial score (nSPS) is 9.50. The van der Waals surface area contributed by atoms with Crippen molar-refractivity contribution in [1.82, 2.24) is 0 Å². The number of carboxylic acids is 2. The zero-order chi connectivity index (χ0) is 11.5. The molecule has 0 aromatic rings. The molecule has 0 unspecified atom stereocenters. The van der Waals surface area contributed by atoms with Crippen LogP contribution in [0.2, 0.25) is 0 Å². The SMILES string of the molecule is O=C([O-])CCCCCCCCCC(=O)[O-].[Ca+2]. The van der Waals surface area contributed by atoms with Gasteiger partial charge in [0.05, 0.1) is 0 Å². The predicted octanol–water partition coefficient (Wildman–Crippen LogP) is -0.384. The van der Waals surface area contributed by atoms with Crippen LogP contribution in [0.3, 0.4) is 0 Å². The van der Waals surface area contributed by atoms with Crippen LogP contribution in [0.25, 0.3) is 0 Å². The number of hydrogen-bond acceptors (Lipinski definition) is 4. The van der Waals surface area contributed by atoms with Gasteiger partial charge in [-0.1, -0.05) is 32.1 Å². The fourth-order valence-electron chi connectivity index (χ4n) is 1.42. The van der Waals surface area contributed by atoms with E-state index in [-0.39, 0.29) is 50.6 Å². The van der Waals surface area contributed by atoms with Crippen molar-refractivity contribution in [2.75, 3.05) is 0 Å².